The van der Waals surface area contributed by atoms with E-state index in [2.05, 4.69) is 14.9 Å². The number of anilines is 3. The van der Waals surface area contributed by atoms with Gasteiger partial charge in [-0.1, -0.05) is 6.07 Å². The van der Waals surface area contributed by atoms with Crippen LogP contribution in [0, 0.1) is 11.6 Å². The zero-order chi connectivity index (χ0) is 23.2. The molecule has 1 N–H and O–H groups in total. The van der Waals surface area contributed by atoms with Gasteiger partial charge in [0.25, 0.3) is 0 Å². The van der Waals surface area contributed by atoms with Crippen molar-refractivity contribution in [3.63, 3.8) is 0 Å². The van der Waals surface area contributed by atoms with E-state index in [1.807, 2.05) is 4.90 Å². The number of halogens is 2. The Morgan fingerprint density at radius 3 is 2.68 bits per heavy atom. The highest BCUT2D eigenvalue weighted by Gasteiger charge is 2.33. The van der Waals surface area contributed by atoms with E-state index in [1.165, 1.54) is 24.3 Å². The van der Waals surface area contributed by atoms with Crippen LogP contribution < -0.4 is 10.2 Å². The van der Waals surface area contributed by atoms with E-state index < -0.39 is 11.2 Å². The Morgan fingerprint density at radius 2 is 1.85 bits per heavy atom. The predicted octanol–water partition coefficient (Wildman–Crippen LogP) is 4.05. The second kappa shape index (κ2) is 8.37. The molecule has 0 bridgehead atoms. The summed E-state index contributed by atoms with van der Waals surface area (Å²) in [6, 6.07) is 12.5. The molecule has 0 spiro atoms. The van der Waals surface area contributed by atoms with Crippen molar-refractivity contribution >= 4 is 28.6 Å². The van der Waals surface area contributed by atoms with Crippen molar-refractivity contribution < 1.29 is 13.3 Å². The number of hydrogen-bond acceptors (Lipinski definition) is 6. The summed E-state index contributed by atoms with van der Waals surface area (Å²) in [7, 11) is 0. The zero-order valence-electron chi connectivity index (χ0n) is 18.0. The van der Waals surface area contributed by atoms with Crippen molar-refractivity contribution in [3.05, 3.63) is 77.9 Å². The van der Waals surface area contributed by atoms with Crippen LogP contribution in [0.3, 0.4) is 0 Å². The predicted molar refractivity (Wildman–Crippen MR) is 125 cm³/mol. The van der Waals surface area contributed by atoms with Crippen LogP contribution in [0.5, 0.6) is 0 Å². The second-order valence-electron chi connectivity index (χ2n) is 8.22. The fourth-order valence-electron chi connectivity index (χ4n) is 4.40. The molecule has 172 valence electrons. The average Bonchev–Trinajstić information content (AvgIpc) is 3.43. The highest BCUT2D eigenvalue weighted by Crippen LogP contribution is 2.35. The molecule has 0 radical (unpaired) electrons. The maximum Gasteiger partial charge on any atom is 0.228 e. The lowest BCUT2D eigenvalue weighted by Gasteiger charge is -2.29. The van der Waals surface area contributed by atoms with Gasteiger partial charge in [0.1, 0.15) is 28.9 Å². The summed E-state index contributed by atoms with van der Waals surface area (Å²) in [6.45, 7) is 1.82. The quantitative estimate of drug-likeness (QED) is 0.446. The van der Waals surface area contributed by atoms with Crippen LogP contribution in [-0.4, -0.2) is 36.4 Å². The van der Waals surface area contributed by atoms with E-state index in [-0.39, 0.29) is 11.6 Å². The smallest absolute Gasteiger partial charge is 0.228 e. The summed E-state index contributed by atoms with van der Waals surface area (Å²) in [5, 5.41) is 3.14. The molecule has 0 saturated carbocycles. The van der Waals surface area contributed by atoms with Gasteiger partial charge in [-0.15, -0.1) is 0 Å². The number of nitrogens with zero attached hydrogens (tertiary/aromatic N) is 5. The van der Waals surface area contributed by atoms with E-state index in [4.69, 9.17) is 9.97 Å². The number of hydrogen-bond donors (Lipinski definition) is 1. The Balaban J connectivity index is 1.32. The first-order valence-corrected chi connectivity index (χ1v) is 12.2. The highest BCUT2D eigenvalue weighted by molar-refractivity contribution is 7.91. The van der Waals surface area contributed by atoms with Gasteiger partial charge in [-0.25, -0.2) is 18.7 Å². The van der Waals surface area contributed by atoms with Crippen LogP contribution in [0.4, 0.5) is 26.2 Å². The lowest BCUT2D eigenvalue weighted by atomic mass is 10.1. The minimum Gasteiger partial charge on any atom is -0.611 e. The van der Waals surface area contributed by atoms with Gasteiger partial charge in [0.2, 0.25) is 10.8 Å². The third kappa shape index (κ3) is 3.78. The summed E-state index contributed by atoms with van der Waals surface area (Å²) in [6.07, 6.45) is 2.40. The van der Waals surface area contributed by atoms with Gasteiger partial charge in [-0.3, -0.25) is 0 Å². The maximum atomic E-state index is 13.7. The summed E-state index contributed by atoms with van der Waals surface area (Å²) in [4.78, 5) is 16.6. The summed E-state index contributed by atoms with van der Waals surface area (Å²) in [5.41, 5.74) is 3.14. The molecule has 4 heterocycles. The third-order valence-electron chi connectivity index (χ3n) is 6.05. The van der Waals surface area contributed by atoms with Crippen LogP contribution in [0.2, 0.25) is 0 Å². The molecule has 0 saturated heterocycles. The van der Waals surface area contributed by atoms with Crippen molar-refractivity contribution in [2.75, 3.05) is 22.5 Å². The van der Waals surface area contributed by atoms with E-state index in [9.17, 15) is 13.3 Å². The number of nitrogens with one attached hydrogen (secondary N) is 1. The molecule has 10 heteroatoms. The molecule has 2 aliphatic heterocycles. The van der Waals surface area contributed by atoms with E-state index in [0.29, 0.717) is 54.2 Å². The van der Waals surface area contributed by atoms with E-state index >= 15 is 0 Å². The molecule has 2 aromatic carbocycles. The Labute approximate surface area is 197 Å². The first-order valence-electron chi connectivity index (χ1n) is 10.9. The minimum atomic E-state index is -1.20. The molecule has 0 aliphatic carbocycles. The number of fused-ring (bicyclic) bond motifs is 2. The van der Waals surface area contributed by atoms with Gasteiger partial charge in [-0.2, -0.15) is 4.98 Å². The van der Waals surface area contributed by atoms with Crippen molar-refractivity contribution in [2.45, 2.75) is 24.4 Å². The monoisotopic (exact) mass is 478 g/mol. The Morgan fingerprint density at radius 1 is 1.00 bits per heavy atom. The number of benzene rings is 2. The molecule has 34 heavy (non-hydrogen) atoms. The van der Waals surface area contributed by atoms with Crippen LogP contribution >= 0.6 is 0 Å². The standard InChI is InChI=1S/C24H20F2N6OS/c25-16-6-4-15(5-7-16)20-13-27-21-14-31(9-10-32(20)21)24-29-19-8-11-34(33)22(19)23(30-24)28-18-3-1-2-17(26)12-18/h1-7,12-13H,8-11,14H2,(H,28,29,30). The first kappa shape index (κ1) is 21.1. The summed E-state index contributed by atoms with van der Waals surface area (Å²) in [5.74, 6) is 1.69. The van der Waals surface area contributed by atoms with Gasteiger partial charge >= 0.3 is 0 Å². The fourth-order valence-corrected chi connectivity index (χ4v) is 5.70. The lowest BCUT2D eigenvalue weighted by Crippen LogP contribution is -2.35. The molecule has 2 aliphatic rings. The molecule has 0 amide bonds. The van der Waals surface area contributed by atoms with Crippen LogP contribution in [-0.2, 0) is 30.7 Å². The molecule has 4 aromatic rings. The first-order chi connectivity index (χ1) is 16.5. The van der Waals surface area contributed by atoms with Crippen molar-refractivity contribution in [1.82, 2.24) is 19.5 Å². The minimum absolute atomic E-state index is 0.273. The van der Waals surface area contributed by atoms with Crippen molar-refractivity contribution in [2.24, 2.45) is 0 Å². The van der Waals surface area contributed by atoms with Crippen LogP contribution in [0.15, 0.2) is 59.6 Å². The highest BCUT2D eigenvalue weighted by atomic mass is 32.2. The van der Waals surface area contributed by atoms with Gasteiger partial charge < -0.3 is 19.3 Å². The SMILES string of the molecule is [O-][S+]1CCc2nc(N3CCn4c(-c5ccc(F)cc5)cnc4C3)nc(Nc3cccc(F)c3)c21. The van der Waals surface area contributed by atoms with E-state index in [1.54, 1.807) is 30.5 Å². The largest absolute Gasteiger partial charge is 0.611 e. The third-order valence-corrected chi connectivity index (χ3v) is 7.51. The topological polar surface area (TPSA) is 81.9 Å². The van der Waals surface area contributed by atoms with Crippen molar-refractivity contribution in [1.29, 1.82) is 0 Å². The number of imidazole rings is 1. The average molecular weight is 479 g/mol. The Hall–Kier alpha value is -3.50. The fraction of sp³-hybridized carbons (Fsp3) is 0.208. The molecule has 0 fully saturated rings. The van der Waals surface area contributed by atoms with Gasteiger partial charge in [0.15, 0.2) is 5.82 Å². The van der Waals surface area contributed by atoms with Gasteiger partial charge in [0, 0.05) is 25.2 Å². The lowest BCUT2D eigenvalue weighted by molar-refractivity contribution is 0.554. The summed E-state index contributed by atoms with van der Waals surface area (Å²) < 4.78 is 41.8. The maximum absolute atomic E-state index is 13.7. The zero-order valence-corrected chi connectivity index (χ0v) is 18.9. The normalized spacial score (nSPS) is 16.9. The number of aromatic nitrogens is 4. The van der Waals surface area contributed by atoms with Crippen molar-refractivity contribution in [3.8, 4) is 11.3 Å². The molecule has 1 atom stereocenters. The van der Waals surface area contributed by atoms with Crippen LogP contribution in [0.1, 0.15) is 11.5 Å². The summed E-state index contributed by atoms with van der Waals surface area (Å²) >= 11 is -1.20. The Kier molecular flexibility index (Phi) is 5.19. The second-order valence-corrected chi connectivity index (χ2v) is 9.73. The molecule has 2 aromatic heterocycles. The molecular weight excluding hydrogens is 458 g/mol. The van der Waals surface area contributed by atoms with Gasteiger partial charge in [-0.05, 0) is 59.2 Å². The molecule has 1 unspecified atom stereocenters. The molecular formula is C24H20F2N6OS. The van der Waals surface area contributed by atoms with E-state index in [0.717, 1.165) is 22.8 Å². The van der Waals surface area contributed by atoms with Gasteiger partial charge in [0.05, 0.1) is 18.4 Å². The molecule has 6 rings (SSSR count). The molecule has 7 nitrogen and oxygen atoms in total. The number of aryl methyl sites for hydroxylation is 1. The van der Waals surface area contributed by atoms with Crippen LogP contribution in [0.25, 0.3) is 11.3 Å². The Bertz CT molecular complexity index is 1380. The number of rotatable bonds is 4.